The molecule has 0 bridgehead atoms. The number of para-hydroxylation sites is 1. The van der Waals surface area contributed by atoms with Crippen LogP contribution < -0.4 is 0 Å². The number of ether oxygens (including phenoxy) is 1. The van der Waals surface area contributed by atoms with Gasteiger partial charge in [-0.25, -0.2) is 4.79 Å². The lowest BCUT2D eigenvalue weighted by Gasteiger charge is -2.09. The number of Topliss-reactive ketones (excluding diaryl/α,β-unsaturated/α-hetero) is 1. The van der Waals surface area contributed by atoms with Gasteiger partial charge >= 0.3 is 5.97 Å². The normalized spacial score (nSPS) is 10.7. The average molecular weight is 333 g/mol. The summed E-state index contributed by atoms with van der Waals surface area (Å²) in [5.41, 5.74) is 4.34. The minimum Gasteiger partial charge on any atom is -0.454 e. The van der Waals surface area contributed by atoms with Gasteiger partial charge in [0.05, 0.1) is 11.1 Å². The molecule has 4 heteroatoms. The summed E-state index contributed by atoms with van der Waals surface area (Å²) in [6.45, 7) is 5.34. The summed E-state index contributed by atoms with van der Waals surface area (Å²) in [6, 6.07) is 14.7. The van der Waals surface area contributed by atoms with Crippen LogP contribution >= 0.6 is 0 Å². The van der Waals surface area contributed by atoms with Crippen LogP contribution in [-0.2, 0) is 4.74 Å². The summed E-state index contributed by atoms with van der Waals surface area (Å²) in [6.07, 6.45) is 0. The summed E-state index contributed by atoms with van der Waals surface area (Å²) in [7, 11) is 0. The van der Waals surface area contributed by atoms with Crippen molar-refractivity contribution >= 4 is 22.7 Å². The molecule has 1 aromatic heterocycles. The van der Waals surface area contributed by atoms with Crippen LogP contribution in [0, 0.1) is 20.8 Å². The van der Waals surface area contributed by atoms with Crippen LogP contribution in [0.1, 0.15) is 37.5 Å². The molecule has 0 spiro atoms. The molecule has 0 fully saturated rings. The fourth-order valence-electron chi connectivity index (χ4n) is 2.80. The number of esters is 1. The van der Waals surface area contributed by atoms with Gasteiger partial charge in [-0.3, -0.25) is 9.78 Å². The van der Waals surface area contributed by atoms with E-state index in [0.717, 1.165) is 27.7 Å². The molecule has 0 aliphatic rings. The zero-order valence-electron chi connectivity index (χ0n) is 14.5. The van der Waals surface area contributed by atoms with Gasteiger partial charge in [0.15, 0.2) is 6.61 Å². The Labute approximate surface area is 146 Å². The smallest absolute Gasteiger partial charge is 0.339 e. The Bertz CT molecular complexity index is 976. The largest absolute Gasteiger partial charge is 0.454 e. The maximum atomic E-state index is 12.5. The topological polar surface area (TPSA) is 56.3 Å². The number of aromatic nitrogens is 1. The number of rotatable bonds is 4. The molecule has 0 aliphatic carbocycles. The van der Waals surface area contributed by atoms with E-state index in [-0.39, 0.29) is 12.4 Å². The van der Waals surface area contributed by atoms with E-state index in [2.05, 4.69) is 4.98 Å². The Hall–Kier alpha value is -3.01. The summed E-state index contributed by atoms with van der Waals surface area (Å²) >= 11 is 0. The van der Waals surface area contributed by atoms with Crippen molar-refractivity contribution in [2.75, 3.05) is 6.61 Å². The third-order valence-corrected chi connectivity index (χ3v) is 4.09. The van der Waals surface area contributed by atoms with Gasteiger partial charge in [0, 0.05) is 16.6 Å². The third kappa shape index (κ3) is 3.58. The quantitative estimate of drug-likeness (QED) is 0.530. The first-order chi connectivity index (χ1) is 12.0. The van der Waals surface area contributed by atoms with Gasteiger partial charge in [0.25, 0.3) is 0 Å². The molecule has 0 unspecified atom stereocenters. The first-order valence-electron chi connectivity index (χ1n) is 8.09. The van der Waals surface area contributed by atoms with Crippen molar-refractivity contribution in [3.63, 3.8) is 0 Å². The number of hydrogen-bond donors (Lipinski definition) is 0. The van der Waals surface area contributed by atoms with E-state index in [0.29, 0.717) is 11.1 Å². The predicted octanol–water partition coefficient (Wildman–Crippen LogP) is 4.20. The van der Waals surface area contributed by atoms with E-state index in [4.69, 9.17) is 4.74 Å². The summed E-state index contributed by atoms with van der Waals surface area (Å²) in [5.74, 6) is -0.718. The number of carbonyl (C=O) groups is 2. The Balaban J connectivity index is 1.81. The molecule has 4 nitrogen and oxygen atoms in total. The van der Waals surface area contributed by atoms with E-state index in [1.807, 2.05) is 63.2 Å². The van der Waals surface area contributed by atoms with Gasteiger partial charge in [-0.2, -0.15) is 0 Å². The lowest BCUT2D eigenvalue weighted by molar-refractivity contribution is 0.0476. The van der Waals surface area contributed by atoms with Crippen molar-refractivity contribution in [2.45, 2.75) is 20.8 Å². The van der Waals surface area contributed by atoms with E-state index in [1.165, 1.54) is 0 Å². The van der Waals surface area contributed by atoms with Crippen LogP contribution in [-0.4, -0.2) is 23.3 Å². The zero-order valence-corrected chi connectivity index (χ0v) is 14.5. The van der Waals surface area contributed by atoms with Crippen LogP contribution in [0.4, 0.5) is 0 Å². The van der Waals surface area contributed by atoms with Crippen molar-refractivity contribution in [3.05, 3.63) is 76.5 Å². The maximum absolute atomic E-state index is 12.5. The van der Waals surface area contributed by atoms with E-state index in [1.54, 1.807) is 6.07 Å². The SMILES string of the molecule is Cc1ccc(C)c(C(=O)COC(=O)c2cc(C)nc3ccccc23)c1. The van der Waals surface area contributed by atoms with E-state index in [9.17, 15) is 9.59 Å². The maximum Gasteiger partial charge on any atom is 0.339 e. The summed E-state index contributed by atoms with van der Waals surface area (Å²) in [5, 5.41) is 0.720. The molecule has 2 aromatic carbocycles. The number of aryl methyl sites for hydroxylation is 3. The molecule has 0 amide bonds. The molecule has 0 saturated heterocycles. The molecule has 25 heavy (non-hydrogen) atoms. The number of hydrogen-bond acceptors (Lipinski definition) is 4. The molecule has 0 N–H and O–H groups in total. The second-order valence-electron chi connectivity index (χ2n) is 6.15. The first-order valence-corrected chi connectivity index (χ1v) is 8.09. The molecule has 126 valence electrons. The van der Waals surface area contributed by atoms with Gasteiger partial charge in [-0.1, -0.05) is 35.9 Å². The summed E-state index contributed by atoms with van der Waals surface area (Å²) in [4.78, 5) is 29.3. The minimum atomic E-state index is -0.514. The Morgan fingerprint density at radius 1 is 0.960 bits per heavy atom. The number of benzene rings is 2. The lowest BCUT2D eigenvalue weighted by Crippen LogP contribution is -2.16. The molecule has 0 aliphatic heterocycles. The average Bonchev–Trinajstić information content (AvgIpc) is 2.60. The minimum absolute atomic E-state index is 0.204. The standard InChI is InChI=1S/C21H19NO3/c1-13-8-9-14(2)17(10-13)20(23)12-25-21(24)18-11-15(3)22-19-7-5-4-6-16(18)19/h4-11H,12H2,1-3H3. The van der Waals surface area contributed by atoms with Gasteiger partial charge < -0.3 is 4.74 Å². The van der Waals surface area contributed by atoms with E-state index < -0.39 is 5.97 Å². The van der Waals surface area contributed by atoms with Crippen LogP contribution in [0.5, 0.6) is 0 Å². The molecule has 3 rings (SSSR count). The first kappa shape index (κ1) is 16.8. The van der Waals surface area contributed by atoms with Crippen molar-refractivity contribution < 1.29 is 14.3 Å². The third-order valence-electron chi connectivity index (χ3n) is 4.09. The number of ketones is 1. The van der Waals surface area contributed by atoms with Gasteiger partial charge in [-0.05, 0) is 44.5 Å². The Kier molecular flexibility index (Phi) is 4.61. The molecule has 0 saturated carbocycles. The highest BCUT2D eigenvalue weighted by molar-refractivity contribution is 6.05. The lowest BCUT2D eigenvalue weighted by atomic mass is 10.0. The van der Waals surface area contributed by atoms with Gasteiger partial charge in [-0.15, -0.1) is 0 Å². The monoisotopic (exact) mass is 333 g/mol. The Morgan fingerprint density at radius 2 is 1.72 bits per heavy atom. The fourth-order valence-corrected chi connectivity index (χ4v) is 2.80. The molecule has 0 atom stereocenters. The zero-order chi connectivity index (χ0) is 18.0. The highest BCUT2D eigenvalue weighted by Gasteiger charge is 2.16. The van der Waals surface area contributed by atoms with Crippen LogP contribution in [0.2, 0.25) is 0 Å². The van der Waals surface area contributed by atoms with Crippen LogP contribution in [0.15, 0.2) is 48.5 Å². The number of fused-ring (bicyclic) bond motifs is 1. The van der Waals surface area contributed by atoms with Crippen molar-refractivity contribution in [1.82, 2.24) is 4.98 Å². The van der Waals surface area contributed by atoms with Crippen molar-refractivity contribution in [2.24, 2.45) is 0 Å². The number of pyridine rings is 1. The molecule has 0 radical (unpaired) electrons. The second-order valence-corrected chi connectivity index (χ2v) is 6.15. The van der Waals surface area contributed by atoms with Gasteiger partial charge in [0.1, 0.15) is 0 Å². The number of nitrogens with zero attached hydrogens (tertiary/aromatic N) is 1. The molecular formula is C21H19NO3. The molecule has 1 heterocycles. The van der Waals surface area contributed by atoms with Crippen molar-refractivity contribution in [1.29, 1.82) is 0 Å². The fraction of sp³-hybridized carbons (Fsp3) is 0.190. The Morgan fingerprint density at radius 3 is 2.52 bits per heavy atom. The molecule has 3 aromatic rings. The predicted molar refractivity (Wildman–Crippen MR) is 97.0 cm³/mol. The van der Waals surface area contributed by atoms with Crippen LogP contribution in [0.25, 0.3) is 10.9 Å². The van der Waals surface area contributed by atoms with Gasteiger partial charge in [0.2, 0.25) is 5.78 Å². The summed E-state index contributed by atoms with van der Waals surface area (Å²) < 4.78 is 5.29. The van der Waals surface area contributed by atoms with Crippen LogP contribution in [0.3, 0.4) is 0 Å². The number of carbonyl (C=O) groups excluding carboxylic acids is 2. The second kappa shape index (κ2) is 6.85. The molecular weight excluding hydrogens is 314 g/mol. The highest BCUT2D eigenvalue weighted by atomic mass is 16.5. The highest BCUT2D eigenvalue weighted by Crippen LogP contribution is 2.19. The van der Waals surface area contributed by atoms with Crippen molar-refractivity contribution in [3.8, 4) is 0 Å². The van der Waals surface area contributed by atoms with E-state index >= 15 is 0 Å².